The molecule has 0 saturated carbocycles. The van der Waals surface area contributed by atoms with Crippen molar-refractivity contribution in [1.29, 1.82) is 0 Å². The van der Waals surface area contributed by atoms with Gasteiger partial charge in [0, 0.05) is 23.9 Å². The molecule has 0 spiro atoms. The predicted molar refractivity (Wildman–Crippen MR) is 115 cm³/mol. The van der Waals surface area contributed by atoms with Crippen LogP contribution in [-0.2, 0) is 11.3 Å². The lowest BCUT2D eigenvalue weighted by molar-refractivity contribution is 0.185. The first-order valence-corrected chi connectivity index (χ1v) is 9.19. The highest BCUT2D eigenvalue weighted by molar-refractivity contribution is 5.92. The van der Waals surface area contributed by atoms with Gasteiger partial charge in [-0.15, -0.1) is 0 Å². The van der Waals surface area contributed by atoms with E-state index in [4.69, 9.17) is 15.2 Å². The SMILES string of the molecule is COCc1ccccc1NC(N)=NCCOc1ccccc1-c1ccccc1. The van der Waals surface area contributed by atoms with E-state index in [1.165, 1.54) is 0 Å². The fraction of sp³-hybridized carbons (Fsp3) is 0.174. The number of aliphatic imine (C=N–C) groups is 1. The Morgan fingerprint density at radius 1 is 0.929 bits per heavy atom. The average molecular weight is 375 g/mol. The number of hydrogen-bond donors (Lipinski definition) is 2. The van der Waals surface area contributed by atoms with Crippen LogP contribution in [0.1, 0.15) is 5.56 Å². The number of rotatable bonds is 8. The van der Waals surface area contributed by atoms with Crippen LogP contribution in [0.4, 0.5) is 5.69 Å². The minimum Gasteiger partial charge on any atom is -0.491 e. The highest BCUT2D eigenvalue weighted by Gasteiger charge is 2.05. The summed E-state index contributed by atoms with van der Waals surface area (Å²) >= 11 is 0. The molecule has 3 aromatic rings. The molecule has 5 heteroatoms. The van der Waals surface area contributed by atoms with E-state index in [1.54, 1.807) is 7.11 Å². The first kappa shape index (κ1) is 19.5. The number of benzene rings is 3. The number of nitrogens with zero attached hydrogens (tertiary/aromatic N) is 1. The van der Waals surface area contributed by atoms with Crippen LogP contribution < -0.4 is 15.8 Å². The Balaban J connectivity index is 1.58. The molecule has 0 amide bonds. The zero-order valence-electron chi connectivity index (χ0n) is 16.0. The number of hydrogen-bond acceptors (Lipinski definition) is 3. The van der Waals surface area contributed by atoms with E-state index < -0.39 is 0 Å². The number of methoxy groups -OCH3 is 1. The summed E-state index contributed by atoms with van der Waals surface area (Å²) in [6.07, 6.45) is 0. The van der Waals surface area contributed by atoms with Gasteiger partial charge in [0.1, 0.15) is 12.4 Å². The van der Waals surface area contributed by atoms with Crippen molar-refractivity contribution in [2.75, 3.05) is 25.6 Å². The second-order valence-corrected chi connectivity index (χ2v) is 6.19. The Morgan fingerprint density at radius 3 is 2.46 bits per heavy atom. The predicted octanol–water partition coefficient (Wildman–Crippen LogP) is 4.31. The monoisotopic (exact) mass is 375 g/mol. The molecule has 0 saturated heterocycles. The van der Waals surface area contributed by atoms with E-state index >= 15 is 0 Å². The summed E-state index contributed by atoms with van der Waals surface area (Å²) in [7, 11) is 1.67. The molecule has 0 radical (unpaired) electrons. The minimum atomic E-state index is 0.350. The summed E-state index contributed by atoms with van der Waals surface area (Å²) in [5.74, 6) is 1.18. The second kappa shape index (κ2) is 10.1. The zero-order chi connectivity index (χ0) is 19.6. The molecule has 0 aliphatic rings. The third-order valence-corrected chi connectivity index (χ3v) is 4.18. The van der Waals surface area contributed by atoms with Gasteiger partial charge in [0.05, 0.1) is 13.2 Å². The van der Waals surface area contributed by atoms with E-state index in [-0.39, 0.29) is 0 Å². The average Bonchev–Trinajstić information content (AvgIpc) is 2.74. The Labute approximate surface area is 165 Å². The van der Waals surface area contributed by atoms with Crippen molar-refractivity contribution in [3.63, 3.8) is 0 Å². The molecule has 0 fully saturated rings. The highest BCUT2D eigenvalue weighted by atomic mass is 16.5. The lowest BCUT2D eigenvalue weighted by Crippen LogP contribution is -2.24. The number of ether oxygens (including phenoxy) is 2. The number of nitrogens with two attached hydrogens (primary N) is 1. The van der Waals surface area contributed by atoms with Gasteiger partial charge in [0.25, 0.3) is 0 Å². The van der Waals surface area contributed by atoms with Crippen LogP contribution in [0.25, 0.3) is 11.1 Å². The van der Waals surface area contributed by atoms with Crippen molar-refractivity contribution >= 4 is 11.6 Å². The summed E-state index contributed by atoms with van der Waals surface area (Å²) in [6.45, 7) is 1.40. The van der Waals surface area contributed by atoms with E-state index in [9.17, 15) is 0 Å². The van der Waals surface area contributed by atoms with Gasteiger partial charge >= 0.3 is 0 Å². The van der Waals surface area contributed by atoms with Crippen LogP contribution in [0.3, 0.4) is 0 Å². The summed E-state index contributed by atoms with van der Waals surface area (Å²) in [5, 5.41) is 3.12. The van der Waals surface area contributed by atoms with Crippen molar-refractivity contribution in [3.8, 4) is 16.9 Å². The lowest BCUT2D eigenvalue weighted by atomic mass is 10.1. The van der Waals surface area contributed by atoms with E-state index in [0.717, 1.165) is 28.1 Å². The molecular weight excluding hydrogens is 350 g/mol. The Hall–Kier alpha value is -3.31. The molecule has 0 bridgehead atoms. The molecule has 3 N–H and O–H groups in total. The maximum atomic E-state index is 6.01. The van der Waals surface area contributed by atoms with Crippen molar-refractivity contribution < 1.29 is 9.47 Å². The summed E-state index contributed by atoms with van der Waals surface area (Å²) < 4.78 is 11.1. The maximum absolute atomic E-state index is 6.01. The highest BCUT2D eigenvalue weighted by Crippen LogP contribution is 2.29. The topological polar surface area (TPSA) is 68.9 Å². The smallest absolute Gasteiger partial charge is 0.193 e. The molecule has 5 nitrogen and oxygen atoms in total. The fourth-order valence-corrected chi connectivity index (χ4v) is 2.87. The molecule has 0 heterocycles. The number of nitrogens with one attached hydrogen (secondary N) is 1. The molecule has 28 heavy (non-hydrogen) atoms. The van der Waals surface area contributed by atoms with Crippen LogP contribution >= 0.6 is 0 Å². The van der Waals surface area contributed by atoms with E-state index in [0.29, 0.717) is 25.7 Å². The lowest BCUT2D eigenvalue weighted by Gasteiger charge is -2.12. The normalized spacial score (nSPS) is 11.2. The first-order valence-electron chi connectivity index (χ1n) is 9.19. The third kappa shape index (κ3) is 5.34. The number of para-hydroxylation sites is 2. The number of guanidine groups is 1. The Kier molecular flexibility index (Phi) is 7.04. The molecule has 0 atom stereocenters. The minimum absolute atomic E-state index is 0.350. The summed E-state index contributed by atoms with van der Waals surface area (Å²) in [5.41, 5.74) is 10.1. The molecule has 144 valence electrons. The quantitative estimate of drug-likeness (QED) is 0.350. The van der Waals surface area contributed by atoms with E-state index in [1.807, 2.05) is 60.7 Å². The van der Waals surface area contributed by atoms with Crippen molar-refractivity contribution in [2.45, 2.75) is 6.61 Å². The molecule has 3 rings (SSSR count). The van der Waals surface area contributed by atoms with Gasteiger partial charge in [-0.2, -0.15) is 0 Å². The van der Waals surface area contributed by atoms with Crippen LogP contribution in [0, 0.1) is 0 Å². The number of anilines is 1. The third-order valence-electron chi connectivity index (χ3n) is 4.18. The molecule has 0 unspecified atom stereocenters. The van der Waals surface area contributed by atoms with Crippen molar-refractivity contribution in [2.24, 2.45) is 10.7 Å². The summed E-state index contributed by atoms with van der Waals surface area (Å²) in [4.78, 5) is 4.36. The zero-order valence-corrected chi connectivity index (χ0v) is 16.0. The molecule has 3 aromatic carbocycles. The van der Waals surface area contributed by atoms with Crippen LogP contribution in [0.2, 0.25) is 0 Å². The molecule has 0 aliphatic heterocycles. The van der Waals surface area contributed by atoms with Gasteiger partial charge < -0.3 is 20.5 Å². The largest absolute Gasteiger partial charge is 0.491 e. The van der Waals surface area contributed by atoms with Crippen LogP contribution in [-0.4, -0.2) is 26.2 Å². The van der Waals surface area contributed by atoms with Gasteiger partial charge in [-0.05, 0) is 17.7 Å². The van der Waals surface area contributed by atoms with Crippen LogP contribution in [0.5, 0.6) is 5.75 Å². The van der Waals surface area contributed by atoms with Gasteiger partial charge in [0.2, 0.25) is 0 Å². The fourth-order valence-electron chi connectivity index (χ4n) is 2.87. The molecule has 0 aromatic heterocycles. The Bertz CT molecular complexity index is 910. The maximum Gasteiger partial charge on any atom is 0.193 e. The molecule has 0 aliphatic carbocycles. The second-order valence-electron chi connectivity index (χ2n) is 6.19. The van der Waals surface area contributed by atoms with Crippen molar-refractivity contribution in [3.05, 3.63) is 84.4 Å². The van der Waals surface area contributed by atoms with Crippen LogP contribution in [0.15, 0.2) is 83.9 Å². The van der Waals surface area contributed by atoms with Gasteiger partial charge in [-0.1, -0.05) is 66.7 Å². The van der Waals surface area contributed by atoms with Crippen molar-refractivity contribution in [1.82, 2.24) is 0 Å². The van der Waals surface area contributed by atoms with Gasteiger partial charge in [-0.3, -0.25) is 0 Å². The summed E-state index contributed by atoms with van der Waals surface area (Å²) in [6, 6.07) is 26.0. The molecular formula is C23H25N3O2. The van der Waals surface area contributed by atoms with Gasteiger partial charge in [0.15, 0.2) is 5.96 Å². The first-order chi connectivity index (χ1) is 13.8. The van der Waals surface area contributed by atoms with Gasteiger partial charge in [-0.25, -0.2) is 4.99 Å². The Morgan fingerprint density at radius 2 is 1.64 bits per heavy atom. The standard InChI is InChI=1S/C23H25N3O2/c1-27-17-19-11-5-7-13-21(19)26-23(24)25-15-16-28-22-14-8-6-12-20(22)18-9-3-2-4-10-18/h2-14H,15-17H2,1H3,(H3,24,25,26). The van der Waals surface area contributed by atoms with E-state index in [2.05, 4.69) is 28.5 Å².